The molecule has 4 rings (SSSR count). The van der Waals surface area contributed by atoms with Gasteiger partial charge in [0.25, 0.3) is 5.69 Å². The summed E-state index contributed by atoms with van der Waals surface area (Å²) < 4.78 is 10.5. The van der Waals surface area contributed by atoms with Crippen molar-refractivity contribution in [3.63, 3.8) is 0 Å². The molecule has 0 radical (unpaired) electrons. The average Bonchev–Trinajstić information content (AvgIpc) is 4.06. The first-order chi connectivity index (χ1) is 38.5. The number of aromatic hydroxyl groups is 1. The number of primary amides is 3. The number of fused-ring (bicyclic) bond motifs is 1. The monoisotopic (exact) mass is 1150 g/mol. The van der Waals surface area contributed by atoms with Gasteiger partial charge in [-0.1, -0.05) is 13.8 Å². The van der Waals surface area contributed by atoms with Crippen LogP contribution in [0.5, 0.6) is 11.5 Å². The largest absolute Gasteiger partial charge is 0.502 e. The first kappa shape index (κ1) is 64.9. The standard InChI is InChI=1S/C50H65N13O19/c1-23(2)42(59-45(71)29(13-16-37(52)66)57-48(74)34(21-39(54)68)61(25(4)64)33-22-40(69)82-36-19-26(81-5)11-12-27(33)36)49(75)58-30(20-38(53)67)46(72)55-24(3)50(76)60-18-8-10-32(60)47(73)56-28(9-6-7-17-51)44(70)41-31(62(77)78)14-15-35(65)43(41)63(79)80/h11-12,14-15,19,22-24,28-30,32,34,42,65H,6-10,13,16-18,20-21,51H2,1-5H3,(H2,52,66)(H2,53,67)(H2,54,68)(H,55,72)(H,56,73)(H,57,74)(H,58,75)(H,59,71)/t24-,28-,29-,30-,32-,34-,42-/m0/s1. The number of nitrogens with one attached hydrogen (secondary N) is 5. The molecule has 444 valence electrons. The lowest BCUT2D eigenvalue weighted by molar-refractivity contribution is -0.395. The van der Waals surface area contributed by atoms with Crippen molar-refractivity contribution >= 4 is 92.9 Å². The van der Waals surface area contributed by atoms with E-state index < -0.39 is 177 Å². The number of nitro benzene ring substituents is 2. The lowest BCUT2D eigenvalue weighted by atomic mass is 9.95. The lowest BCUT2D eigenvalue weighted by Gasteiger charge is -2.32. The molecule has 0 aliphatic carbocycles. The topological polar surface area (TPSA) is 504 Å². The molecule has 1 aromatic heterocycles. The van der Waals surface area contributed by atoms with E-state index in [1.165, 1.54) is 46.1 Å². The number of anilines is 1. The SMILES string of the molecule is COc1ccc2c(N(C(C)=O)[C@@H](CC(N)=O)C(=O)N[C@@H](CCC(N)=O)C(=O)N[C@H](C(=O)N[C@@H](CC(N)=O)C(=O)N[C@@H](C)C(=O)N3CCC[C@H]3C(=O)N[C@@H](CCCCN)C(=O)c3c([N+](=O)[O-])ccc(O)c3[N+](=O)[O-])C(C)C)cc(=O)oc2c1. The summed E-state index contributed by atoms with van der Waals surface area (Å²) in [5.74, 6) is -13.4. The third-order valence-electron chi connectivity index (χ3n) is 13.0. The van der Waals surface area contributed by atoms with Crippen LogP contribution in [0, 0.1) is 26.1 Å². The molecular weight excluding hydrogens is 1090 g/mol. The van der Waals surface area contributed by atoms with Gasteiger partial charge in [0.1, 0.15) is 47.6 Å². The predicted molar refractivity (Wildman–Crippen MR) is 286 cm³/mol. The first-order valence-electron chi connectivity index (χ1n) is 25.5. The van der Waals surface area contributed by atoms with Crippen molar-refractivity contribution in [1.82, 2.24) is 31.5 Å². The molecule has 0 saturated carbocycles. The van der Waals surface area contributed by atoms with Gasteiger partial charge >= 0.3 is 11.3 Å². The number of ketones is 1. The Balaban J connectivity index is 1.56. The number of carbonyl (C=O) groups excluding carboxylic acids is 11. The van der Waals surface area contributed by atoms with Crippen LogP contribution in [0.3, 0.4) is 0 Å². The van der Waals surface area contributed by atoms with Gasteiger partial charge in [0.2, 0.25) is 59.1 Å². The average molecular weight is 1150 g/mol. The van der Waals surface area contributed by atoms with Gasteiger partial charge in [0.05, 0.1) is 41.5 Å². The number of hydrogen-bond acceptors (Lipinski definition) is 20. The number of nitro groups is 2. The number of nitrogens with two attached hydrogens (primary N) is 4. The molecule has 14 N–H and O–H groups in total. The van der Waals surface area contributed by atoms with E-state index in [0.717, 1.165) is 22.8 Å². The summed E-state index contributed by atoms with van der Waals surface area (Å²) in [6, 6.07) is -5.13. The van der Waals surface area contributed by atoms with Gasteiger partial charge in [-0.25, -0.2) is 4.79 Å². The van der Waals surface area contributed by atoms with Gasteiger partial charge < -0.3 is 68.7 Å². The zero-order valence-electron chi connectivity index (χ0n) is 45.3. The van der Waals surface area contributed by atoms with Gasteiger partial charge in [-0.3, -0.25) is 77.9 Å². The molecule has 7 atom stereocenters. The molecular formula is C50H65N13O19. The summed E-state index contributed by atoms with van der Waals surface area (Å²) in [4.78, 5) is 185. The van der Waals surface area contributed by atoms with E-state index in [1.54, 1.807) is 0 Å². The molecule has 32 nitrogen and oxygen atoms in total. The highest BCUT2D eigenvalue weighted by Gasteiger charge is 2.43. The fraction of sp³-hybridized carbons (Fsp3) is 0.480. The maximum absolute atomic E-state index is 14.2. The van der Waals surface area contributed by atoms with E-state index in [4.69, 9.17) is 32.1 Å². The Morgan fingerprint density at radius 1 is 0.793 bits per heavy atom. The van der Waals surface area contributed by atoms with E-state index in [0.29, 0.717) is 12.1 Å². The number of rotatable bonds is 30. The van der Waals surface area contributed by atoms with Crippen LogP contribution in [0.25, 0.3) is 11.0 Å². The number of methoxy groups -OCH3 is 1. The molecule has 1 fully saturated rings. The minimum absolute atomic E-state index is 0.00343. The smallest absolute Gasteiger partial charge is 0.338 e. The number of ether oxygens (including phenoxy) is 1. The lowest BCUT2D eigenvalue weighted by Crippen LogP contribution is -2.61. The van der Waals surface area contributed by atoms with Gasteiger partial charge in [-0.2, -0.15) is 0 Å². The fourth-order valence-electron chi connectivity index (χ4n) is 9.07. The van der Waals surface area contributed by atoms with Crippen LogP contribution in [-0.4, -0.2) is 147 Å². The van der Waals surface area contributed by atoms with E-state index >= 15 is 0 Å². The zero-order chi connectivity index (χ0) is 61.4. The third-order valence-corrected chi connectivity index (χ3v) is 13.0. The summed E-state index contributed by atoms with van der Waals surface area (Å²) in [5, 5.41) is 46.1. The molecule has 32 heteroatoms. The minimum atomic E-state index is -1.86. The number of likely N-dealkylation sites (tertiary alicyclic amines) is 1. The number of Topliss-reactive ketones (excluding diaryl/α,β-unsaturated/α-hetero) is 1. The number of nitrogens with zero attached hydrogens (tertiary/aromatic N) is 4. The van der Waals surface area contributed by atoms with Crippen LogP contribution in [0.1, 0.15) is 95.8 Å². The highest BCUT2D eigenvalue weighted by molar-refractivity contribution is 6.10. The Hall–Kier alpha value is -9.62. The molecule has 1 saturated heterocycles. The molecule has 0 bridgehead atoms. The Kier molecular flexibility index (Phi) is 23.0. The second kappa shape index (κ2) is 29.0. The van der Waals surface area contributed by atoms with Crippen molar-refractivity contribution in [2.45, 2.75) is 128 Å². The quantitative estimate of drug-likeness (QED) is 0.0115. The first-order valence-corrected chi connectivity index (χ1v) is 25.5. The van der Waals surface area contributed by atoms with E-state index in [2.05, 4.69) is 26.6 Å². The van der Waals surface area contributed by atoms with Gasteiger partial charge in [-0.05, 0) is 76.1 Å². The third kappa shape index (κ3) is 16.7. The fourth-order valence-corrected chi connectivity index (χ4v) is 9.07. The summed E-state index contributed by atoms with van der Waals surface area (Å²) in [5.41, 5.74) is 17.3. The summed E-state index contributed by atoms with van der Waals surface area (Å²) in [7, 11) is 1.34. The van der Waals surface area contributed by atoms with Crippen LogP contribution in [0.15, 0.2) is 45.6 Å². The van der Waals surface area contributed by atoms with Gasteiger partial charge in [0.15, 0.2) is 17.1 Å². The maximum atomic E-state index is 14.2. The number of carbonyl (C=O) groups is 11. The van der Waals surface area contributed by atoms with Crippen LogP contribution in [0.2, 0.25) is 0 Å². The second-order valence-electron chi connectivity index (χ2n) is 19.4. The predicted octanol–water partition coefficient (Wildman–Crippen LogP) is -1.84. The van der Waals surface area contributed by atoms with Crippen LogP contribution in [-0.2, 0) is 47.9 Å². The summed E-state index contributed by atoms with van der Waals surface area (Å²) in [6.45, 7) is 5.17. The molecule has 0 unspecified atom stereocenters. The Morgan fingerprint density at radius 2 is 1.44 bits per heavy atom. The van der Waals surface area contributed by atoms with E-state index in [-0.39, 0.29) is 67.6 Å². The second-order valence-corrected chi connectivity index (χ2v) is 19.4. The molecule has 10 amide bonds. The van der Waals surface area contributed by atoms with Crippen molar-refractivity contribution < 1.29 is 76.8 Å². The number of phenolic OH excluding ortho intramolecular Hbond substituents is 1. The van der Waals surface area contributed by atoms with Crippen LogP contribution < -0.4 is 64.8 Å². The van der Waals surface area contributed by atoms with Crippen molar-refractivity contribution in [2.75, 3.05) is 25.1 Å². The highest BCUT2D eigenvalue weighted by Crippen LogP contribution is 2.38. The number of unbranched alkanes of at least 4 members (excludes halogenated alkanes) is 1. The zero-order valence-corrected chi connectivity index (χ0v) is 45.3. The van der Waals surface area contributed by atoms with Gasteiger partial charge in [-0.15, -0.1) is 0 Å². The molecule has 0 spiro atoms. The Bertz CT molecular complexity index is 3080. The van der Waals surface area contributed by atoms with Crippen molar-refractivity contribution in [3.8, 4) is 11.5 Å². The Labute approximate surface area is 466 Å². The number of phenols is 1. The highest BCUT2D eigenvalue weighted by atomic mass is 16.6. The number of hydrogen-bond donors (Lipinski definition) is 10. The Morgan fingerprint density at radius 3 is 2.01 bits per heavy atom. The van der Waals surface area contributed by atoms with Crippen molar-refractivity contribution in [1.29, 1.82) is 0 Å². The van der Waals surface area contributed by atoms with Crippen LogP contribution >= 0.6 is 0 Å². The summed E-state index contributed by atoms with van der Waals surface area (Å²) >= 11 is 0. The molecule has 2 heterocycles. The molecule has 82 heavy (non-hydrogen) atoms. The molecule has 1 aliphatic heterocycles. The normalized spacial score (nSPS) is 15.1. The van der Waals surface area contributed by atoms with E-state index in [1.807, 2.05) is 0 Å². The molecule has 3 aromatic rings. The van der Waals surface area contributed by atoms with Crippen LogP contribution in [0.4, 0.5) is 17.1 Å². The maximum Gasteiger partial charge on any atom is 0.338 e. The van der Waals surface area contributed by atoms with Crippen molar-refractivity contribution in [2.24, 2.45) is 28.9 Å². The molecule has 1 aliphatic rings. The number of amides is 10. The van der Waals surface area contributed by atoms with Crippen molar-refractivity contribution in [3.05, 3.63) is 72.6 Å². The number of benzene rings is 2. The van der Waals surface area contributed by atoms with E-state index in [9.17, 15) is 82.9 Å². The molecule has 2 aromatic carbocycles. The summed E-state index contributed by atoms with van der Waals surface area (Å²) in [6.07, 6.45) is -2.41. The minimum Gasteiger partial charge on any atom is -0.502 e. The van der Waals surface area contributed by atoms with Gasteiger partial charge in [0, 0.05) is 43.5 Å².